The molecule has 19 heavy (non-hydrogen) atoms. The summed E-state index contributed by atoms with van der Waals surface area (Å²) in [5.74, 6) is 0.528. The third kappa shape index (κ3) is 3.66. The molecule has 1 aromatic heterocycles. The van der Waals surface area contributed by atoms with E-state index in [0.29, 0.717) is 22.9 Å². The molecule has 0 unspecified atom stereocenters. The van der Waals surface area contributed by atoms with E-state index in [9.17, 15) is 13.2 Å². The second-order valence-corrected chi connectivity index (χ2v) is 4.67. The van der Waals surface area contributed by atoms with Crippen molar-refractivity contribution in [2.75, 3.05) is 11.9 Å². The molecule has 0 saturated heterocycles. The highest BCUT2D eigenvalue weighted by atomic mass is 32.1. The van der Waals surface area contributed by atoms with Crippen molar-refractivity contribution in [2.24, 2.45) is 0 Å². The molecular weight excluding hydrogens is 275 g/mol. The van der Waals surface area contributed by atoms with E-state index in [1.54, 1.807) is 6.07 Å². The van der Waals surface area contributed by atoms with Gasteiger partial charge in [-0.1, -0.05) is 18.2 Å². The number of anilines is 1. The van der Waals surface area contributed by atoms with Gasteiger partial charge in [-0.3, -0.25) is 0 Å². The van der Waals surface area contributed by atoms with E-state index >= 15 is 0 Å². The lowest BCUT2D eigenvalue weighted by atomic mass is 10.1. The largest absolute Gasteiger partial charge is 0.416 e. The number of benzene rings is 1. The van der Waals surface area contributed by atoms with Crippen LogP contribution in [0, 0.1) is 0 Å². The van der Waals surface area contributed by atoms with E-state index in [-0.39, 0.29) is 0 Å². The van der Waals surface area contributed by atoms with Gasteiger partial charge >= 0.3 is 6.18 Å². The predicted molar refractivity (Wildman–Crippen MR) is 68.3 cm³/mol. The van der Waals surface area contributed by atoms with Crippen LogP contribution >= 0.6 is 11.5 Å². The summed E-state index contributed by atoms with van der Waals surface area (Å²) in [4.78, 5) is 4.20. The van der Waals surface area contributed by atoms with Crippen LogP contribution in [-0.4, -0.2) is 15.9 Å². The maximum absolute atomic E-state index is 12.6. The zero-order valence-corrected chi connectivity index (χ0v) is 11.0. The zero-order valence-electron chi connectivity index (χ0n) is 10.2. The fourth-order valence-corrected chi connectivity index (χ4v) is 2.24. The van der Waals surface area contributed by atoms with Gasteiger partial charge in [0.05, 0.1) is 5.56 Å². The molecule has 1 aromatic carbocycles. The lowest BCUT2D eigenvalue weighted by molar-refractivity contribution is -0.137. The molecular formula is C12H12F3N3S. The van der Waals surface area contributed by atoms with Crippen molar-refractivity contribution >= 4 is 16.7 Å². The van der Waals surface area contributed by atoms with Gasteiger partial charge in [-0.05, 0) is 18.6 Å². The van der Waals surface area contributed by atoms with Crippen LogP contribution in [-0.2, 0) is 12.6 Å². The van der Waals surface area contributed by atoms with Crippen LogP contribution < -0.4 is 5.32 Å². The summed E-state index contributed by atoms with van der Waals surface area (Å²) in [6, 6.07) is 5.23. The molecule has 1 N–H and O–H groups in total. The molecule has 2 rings (SSSR count). The van der Waals surface area contributed by atoms with Crippen LogP contribution in [0.3, 0.4) is 0 Å². The van der Waals surface area contributed by atoms with Gasteiger partial charge in [-0.2, -0.15) is 17.5 Å². The molecule has 0 atom stereocenters. The number of halogens is 3. The molecule has 0 fully saturated rings. The standard InChI is InChI=1S/C12H12F3N3S/c1-2-16-11-17-10(18-19-11)7-8-4-3-5-9(6-8)12(13,14)15/h3-6H,2,7H2,1H3,(H,16,17,18). The third-order valence-corrected chi connectivity index (χ3v) is 3.12. The minimum Gasteiger partial charge on any atom is -0.361 e. The number of nitrogens with one attached hydrogen (secondary N) is 1. The SMILES string of the molecule is CCNc1nc(Cc2cccc(C(F)(F)F)c2)ns1. The Bertz CT molecular complexity index is 551. The van der Waals surface area contributed by atoms with Crippen LogP contribution in [0.25, 0.3) is 0 Å². The van der Waals surface area contributed by atoms with Crippen LogP contribution in [0.4, 0.5) is 18.3 Å². The number of rotatable bonds is 4. The highest BCUT2D eigenvalue weighted by Gasteiger charge is 2.30. The Morgan fingerprint density at radius 3 is 2.79 bits per heavy atom. The van der Waals surface area contributed by atoms with Gasteiger partial charge in [0.15, 0.2) is 0 Å². The molecule has 0 amide bonds. The van der Waals surface area contributed by atoms with Gasteiger partial charge in [-0.15, -0.1) is 0 Å². The van der Waals surface area contributed by atoms with E-state index in [1.165, 1.54) is 17.6 Å². The number of aromatic nitrogens is 2. The molecule has 0 saturated carbocycles. The molecule has 3 nitrogen and oxygen atoms in total. The van der Waals surface area contributed by atoms with Gasteiger partial charge in [0.25, 0.3) is 0 Å². The summed E-state index contributed by atoms with van der Waals surface area (Å²) in [5.41, 5.74) is -0.0946. The summed E-state index contributed by atoms with van der Waals surface area (Å²) < 4.78 is 41.8. The summed E-state index contributed by atoms with van der Waals surface area (Å²) in [7, 11) is 0. The fourth-order valence-electron chi connectivity index (χ4n) is 1.59. The number of hydrogen-bond donors (Lipinski definition) is 1. The van der Waals surface area contributed by atoms with Gasteiger partial charge in [0.1, 0.15) is 5.82 Å². The first-order valence-corrected chi connectivity index (χ1v) is 6.49. The van der Waals surface area contributed by atoms with Gasteiger partial charge in [0.2, 0.25) is 5.13 Å². The average molecular weight is 287 g/mol. The Hall–Kier alpha value is -1.63. The van der Waals surface area contributed by atoms with E-state index in [1.807, 2.05) is 6.92 Å². The van der Waals surface area contributed by atoms with Crippen molar-refractivity contribution in [3.63, 3.8) is 0 Å². The first-order valence-electron chi connectivity index (χ1n) is 5.71. The number of hydrogen-bond acceptors (Lipinski definition) is 4. The van der Waals surface area contributed by atoms with Crippen molar-refractivity contribution in [1.29, 1.82) is 0 Å². The molecule has 1 heterocycles. The highest BCUT2D eigenvalue weighted by Crippen LogP contribution is 2.29. The maximum atomic E-state index is 12.6. The van der Waals surface area contributed by atoms with Crippen molar-refractivity contribution < 1.29 is 13.2 Å². The molecule has 0 aliphatic heterocycles. The van der Waals surface area contributed by atoms with Crippen LogP contribution in [0.15, 0.2) is 24.3 Å². The number of alkyl halides is 3. The third-order valence-electron chi connectivity index (χ3n) is 2.41. The summed E-state index contributed by atoms with van der Waals surface area (Å²) >= 11 is 1.21. The lowest BCUT2D eigenvalue weighted by Gasteiger charge is -2.07. The second kappa shape index (κ2) is 5.56. The highest BCUT2D eigenvalue weighted by molar-refractivity contribution is 7.09. The van der Waals surface area contributed by atoms with Crippen LogP contribution in [0.1, 0.15) is 23.9 Å². The van der Waals surface area contributed by atoms with Crippen molar-refractivity contribution in [1.82, 2.24) is 9.36 Å². The summed E-state index contributed by atoms with van der Waals surface area (Å²) in [6.07, 6.45) is -4.02. The minimum atomic E-state index is -4.32. The molecule has 0 aliphatic carbocycles. The van der Waals surface area contributed by atoms with Crippen LogP contribution in [0.2, 0.25) is 0 Å². The molecule has 0 aliphatic rings. The number of nitrogens with zero attached hydrogens (tertiary/aromatic N) is 2. The Morgan fingerprint density at radius 1 is 1.32 bits per heavy atom. The summed E-state index contributed by atoms with van der Waals surface area (Å²) in [6.45, 7) is 2.67. The predicted octanol–water partition coefficient (Wildman–Crippen LogP) is 3.58. The topological polar surface area (TPSA) is 37.8 Å². The molecule has 102 valence electrons. The molecule has 0 spiro atoms. The first kappa shape index (κ1) is 13.8. The van der Waals surface area contributed by atoms with Crippen LogP contribution in [0.5, 0.6) is 0 Å². The van der Waals surface area contributed by atoms with E-state index in [4.69, 9.17) is 0 Å². The average Bonchev–Trinajstić information content (AvgIpc) is 2.76. The Kier molecular flexibility index (Phi) is 4.04. The van der Waals surface area contributed by atoms with E-state index in [0.717, 1.165) is 18.7 Å². The van der Waals surface area contributed by atoms with Gasteiger partial charge < -0.3 is 5.32 Å². The quantitative estimate of drug-likeness (QED) is 0.934. The van der Waals surface area contributed by atoms with Gasteiger partial charge in [0, 0.05) is 24.5 Å². The first-order chi connectivity index (χ1) is 8.99. The maximum Gasteiger partial charge on any atom is 0.416 e. The zero-order chi connectivity index (χ0) is 13.9. The Labute approximate surface area is 112 Å². The Balaban J connectivity index is 2.14. The molecule has 2 aromatic rings. The van der Waals surface area contributed by atoms with Crippen molar-refractivity contribution in [3.8, 4) is 0 Å². The molecule has 7 heteroatoms. The monoisotopic (exact) mass is 287 g/mol. The van der Waals surface area contributed by atoms with E-state index in [2.05, 4.69) is 14.7 Å². The fraction of sp³-hybridized carbons (Fsp3) is 0.333. The smallest absolute Gasteiger partial charge is 0.361 e. The molecule has 0 radical (unpaired) electrons. The second-order valence-electron chi connectivity index (χ2n) is 3.92. The normalized spacial score (nSPS) is 11.6. The minimum absolute atomic E-state index is 0.297. The summed E-state index contributed by atoms with van der Waals surface area (Å²) in [5, 5.41) is 3.70. The van der Waals surface area contributed by atoms with Gasteiger partial charge in [-0.25, -0.2) is 4.98 Å². The molecule has 0 bridgehead atoms. The van der Waals surface area contributed by atoms with E-state index < -0.39 is 11.7 Å². The lowest BCUT2D eigenvalue weighted by Crippen LogP contribution is -2.05. The van der Waals surface area contributed by atoms with Crippen molar-refractivity contribution in [3.05, 3.63) is 41.2 Å². The Morgan fingerprint density at radius 2 is 2.11 bits per heavy atom. The van der Waals surface area contributed by atoms with Crippen molar-refractivity contribution in [2.45, 2.75) is 19.5 Å².